The first-order chi connectivity index (χ1) is 10.7. The number of thiazole rings is 1. The fourth-order valence-electron chi connectivity index (χ4n) is 2.63. The number of nitrogens with zero attached hydrogens (tertiary/aromatic N) is 3. The summed E-state index contributed by atoms with van der Waals surface area (Å²) in [5.41, 5.74) is 1.82. The van der Waals surface area contributed by atoms with Gasteiger partial charge in [0.1, 0.15) is 9.88 Å². The van der Waals surface area contributed by atoms with Gasteiger partial charge in [-0.3, -0.25) is 14.7 Å². The summed E-state index contributed by atoms with van der Waals surface area (Å²) in [6, 6.07) is 3.82. The molecule has 0 atom stereocenters. The summed E-state index contributed by atoms with van der Waals surface area (Å²) < 4.78 is 0. The predicted molar refractivity (Wildman–Crippen MR) is 86.8 cm³/mol. The SMILES string of the molecule is Cc1nc(CN2CCCC2)sc1C(=O)NCc1cccnc1. The van der Waals surface area contributed by atoms with E-state index in [0.717, 1.165) is 40.8 Å². The van der Waals surface area contributed by atoms with Gasteiger partial charge in [0, 0.05) is 18.9 Å². The predicted octanol–water partition coefficient (Wildman–Crippen LogP) is 2.37. The Bertz CT molecular complexity index is 635. The van der Waals surface area contributed by atoms with Crippen molar-refractivity contribution >= 4 is 17.2 Å². The van der Waals surface area contributed by atoms with Crippen molar-refractivity contribution in [2.24, 2.45) is 0 Å². The quantitative estimate of drug-likeness (QED) is 0.920. The van der Waals surface area contributed by atoms with E-state index in [9.17, 15) is 4.79 Å². The van der Waals surface area contributed by atoms with Crippen LogP contribution < -0.4 is 5.32 Å². The molecule has 116 valence electrons. The molecule has 2 aromatic rings. The molecule has 1 saturated heterocycles. The molecule has 0 aromatic carbocycles. The van der Waals surface area contributed by atoms with Crippen LogP contribution in [0.5, 0.6) is 0 Å². The standard InChI is InChI=1S/C16H20N4OS/c1-12-15(16(21)18-10-13-5-4-6-17-9-13)22-14(19-12)11-20-7-2-3-8-20/h4-6,9H,2-3,7-8,10-11H2,1H3,(H,18,21). The van der Waals surface area contributed by atoms with E-state index < -0.39 is 0 Å². The highest BCUT2D eigenvalue weighted by molar-refractivity contribution is 7.13. The Labute approximate surface area is 134 Å². The first-order valence-electron chi connectivity index (χ1n) is 7.58. The van der Waals surface area contributed by atoms with Crippen LogP contribution in [0.3, 0.4) is 0 Å². The van der Waals surface area contributed by atoms with E-state index in [2.05, 4.69) is 20.2 Å². The van der Waals surface area contributed by atoms with E-state index in [1.807, 2.05) is 19.1 Å². The van der Waals surface area contributed by atoms with Gasteiger partial charge in [-0.25, -0.2) is 4.98 Å². The Morgan fingerprint density at radius 1 is 1.41 bits per heavy atom. The summed E-state index contributed by atoms with van der Waals surface area (Å²) in [5.74, 6) is -0.0495. The number of hydrogen-bond acceptors (Lipinski definition) is 5. The maximum absolute atomic E-state index is 12.3. The van der Waals surface area contributed by atoms with Gasteiger partial charge >= 0.3 is 0 Å². The lowest BCUT2D eigenvalue weighted by Crippen LogP contribution is -2.22. The van der Waals surface area contributed by atoms with Gasteiger partial charge in [0.2, 0.25) is 0 Å². The summed E-state index contributed by atoms with van der Waals surface area (Å²) in [7, 11) is 0. The number of aromatic nitrogens is 2. The Kier molecular flexibility index (Phi) is 4.80. The number of rotatable bonds is 5. The average Bonchev–Trinajstić information content (AvgIpc) is 3.16. The smallest absolute Gasteiger partial charge is 0.263 e. The molecule has 6 heteroatoms. The first kappa shape index (κ1) is 15.1. The highest BCUT2D eigenvalue weighted by Crippen LogP contribution is 2.21. The molecule has 3 rings (SSSR count). The van der Waals surface area contributed by atoms with Gasteiger partial charge in [0.15, 0.2) is 0 Å². The molecule has 2 aromatic heterocycles. The lowest BCUT2D eigenvalue weighted by atomic mass is 10.3. The number of amides is 1. The number of carbonyl (C=O) groups excluding carboxylic acids is 1. The van der Waals surface area contributed by atoms with Gasteiger partial charge in [0.05, 0.1) is 12.2 Å². The Hall–Kier alpha value is -1.79. The van der Waals surface area contributed by atoms with Crippen LogP contribution in [0.2, 0.25) is 0 Å². The molecule has 0 saturated carbocycles. The van der Waals surface area contributed by atoms with Crippen molar-refractivity contribution in [2.75, 3.05) is 13.1 Å². The third kappa shape index (κ3) is 3.69. The monoisotopic (exact) mass is 316 g/mol. The van der Waals surface area contributed by atoms with E-state index in [1.165, 1.54) is 24.2 Å². The Morgan fingerprint density at radius 2 is 2.23 bits per heavy atom. The van der Waals surface area contributed by atoms with Gasteiger partial charge in [-0.15, -0.1) is 11.3 Å². The molecule has 0 spiro atoms. The summed E-state index contributed by atoms with van der Waals surface area (Å²) in [6.45, 7) is 5.54. The van der Waals surface area contributed by atoms with Crippen molar-refractivity contribution in [2.45, 2.75) is 32.9 Å². The molecule has 3 heterocycles. The van der Waals surface area contributed by atoms with E-state index in [-0.39, 0.29) is 5.91 Å². The summed E-state index contributed by atoms with van der Waals surface area (Å²) in [5, 5.41) is 3.97. The second-order valence-corrected chi connectivity index (χ2v) is 6.63. The van der Waals surface area contributed by atoms with E-state index >= 15 is 0 Å². The van der Waals surface area contributed by atoms with Gasteiger partial charge in [-0.2, -0.15) is 0 Å². The van der Waals surface area contributed by atoms with Crippen molar-refractivity contribution < 1.29 is 4.79 Å². The third-order valence-corrected chi connectivity index (χ3v) is 4.92. The van der Waals surface area contributed by atoms with Gasteiger partial charge < -0.3 is 5.32 Å². The van der Waals surface area contributed by atoms with Gasteiger partial charge in [0.25, 0.3) is 5.91 Å². The zero-order valence-corrected chi connectivity index (χ0v) is 13.5. The second-order valence-electron chi connectivity index (χ2n) is 5.55. The number of likely N-dealkylation sites (tertiary alicyclic amines) is 1. The molecule has 1 aliphatic rings. The van der Waals surface area contributed by atoms with E-state index in [0.29, 0.717) is 6.54 Å². The number of hydrogen-bond donors (Lipinski definition) is 1. The number of pyridine rings is 1. The third-order valence-electron chi connectivity index (χ3n) is 3.78. The van der Waals surface area contributed by atoms with Crippen LogP contribution in [-0.4, -0.2) is 33.9 Å². The number of aryl methyl sites for hydroxylation is 1. The minimum atomic E-state index is -0.0495. The highest BCUT2D eigenvalue weighted by Gasteiger charge is 2.18. The fraction of sp³-hybridized carbons (Fsp3) is 0.438. The zero-order valence-electron chi connectivity index (χ0n) is 12.7. The normalized spacial score (nSPS) is 15.1. The maximum Gasteiger partial charge on any atom is 0.263 e. The lowest BCUT2D eigenvalue weighted by molar-refractivity contribution is 0.0954. The summed E-state index contributed by atoms with van der Waals surface area (Å²) >= 11 is 1.51. The molecule has 0 unspecified atom stereocenters. The number of carbonyl (C=O) groups is 1. The molecule has 22 heavy (non-hydrogen) atoms. The molecule has 1 amide bonds. The van der Waals surface area contributed by atoms with Crippen molar-refractivity contribution in [3.05, 3.63) is 45.7 Å². The summed E-state index contributed by atoms with van der Waals surface area (Å²) in [6.07, 6.45) is 6.02. The van der Waals surface area contributed by atoms with Crippen molar-refractivity contribution in [1.82, 2.24) is 20.2 Å². The molecule has 0 radical (unpaired) electrons. The van der Waals surface area contributed by atoms with Gasteiger partial charge in [-0.05, 0) is 44.5 Å². The van der Waals surface area contributed by atoms with Crippen LogP contribution in [0.1, 0.15) is 38.8 Å². The van der Waals surface area contributed by atoms with E-state index in [1.54, 1.807) is 12.4 Å². The highest BCUT2D eigenvalue weighted by atomic mass is 32.1. The fourth-order valence-corrected chi connectivity index (χ4v) is 3.65. The number of nitrogens with one attached hydrogen (secondary N) is 1. The molecule has 5 nitrogen and oxygen atoms in total. The van der Waals surface area contributed by atoms with Crippen LogP contribution >= 0.6 is 11.3 Å². The van der Waals surface area contributed by atoms with Crippen LogP contribution in [-0.2, 0) is 13.1 Å². The first-order valence-corrected chi connectivity index (χ1v) is 8.40. The molecular weight excluding hydrogens is 296 g/mol. The van der Waals surface area contributed by atoms with Crippen LogP contribution in [0.15, 0.2) is 24.5 Å². The van der Waals surface area contributed by atoms with E-state index in [4.69, 9.17) is 0 Å². The maximum atomic E-state index is 12.3. The molecule has 0 bridgehead atoms. The molecule has 0 aliphatic carbocycles. The van der Waals surface area contributed by atoms with Crippen molar-refractivity contribution in [3.8, 4) is 0 Å². The Balaban J connectivity index is 1.61. The lowest BCUT2D eigenvalue weighted by Gasteiger charge is -2.11. The Morgan fingerprint density at radius 3 is 2.95 bits per heavy atom. The second kappa shape index (κ2) is 6.98. The average molecular weight is 316 g/mol. The van der Waals surface area contributed by atoms with Crippen LogP contribution in [0.4, 0.5) is 0 Å². The van der Waals surface area contributed by atoms with Crippen molar-refractivity contribution in [1.29, 1.82) is 0 Å². The van der Waals surface area contributed by atoms with Crippen LogP contribution in [0.25, 0.3) is 0 Å². The minimum Gasteiger partial charge on any atom is -0.347 e. The largest absolute Gasteiger partial charge is 0.347 e. The molecular formula is C16H20N4OS. The summed E-state index contributed by atoms with van der Waals surface area (Å²) in [4.78, 5) is 24.0. The van der Waals surface area contributed by atoms with Gasteiger partial charge in [-0.1, -0.05) is 6.07 Å². The molecule has 1 N–H and O–H groups in total. The van der Waals surface area contributed by atoms with Crippen LogP contribution in [0, 0.1) is 6.92 Å². The minimum absolute atomic E-state index is 0.0495. The van der Waals surface area contributed by atoms with Crippen molar-refractivity contribution in [3.63, 3.8) is 0 Å². The topological polar surface area (TPSA) is 58.1 Å². The zero-order chi connectivity index (χ0) is 15.4. The molecule has 1 aliphatic heterocycles. The molecule has 1 fully saturated rings.